The molecule has 0 bridgehead atoms. The summed E-state index contributed by atoms with van der Waals surface area (Å²) in [7, 11) is -2.12. The number of rotatable bonds is 7. The van der Waals surface area contributed by atoms with E-state index in [1.165, 1.54) is 13.8 Å². The Labute approximate surface area is 143 Å². The molecule has 2 N–H and O–H groups in total. The molecular weight excluding hydrogens is 372 g/mol. The molecule has 0 spiro atoms. The first-order valence-corrected chi connectivity index (χ1v) is 8.25. The molecule has 142 valence electrons. The molecule has 0 saturated carbocycles. The molecule has 0 heterocycles. The van der Waals surface area contributed by atoms with Gasteiger partial charge in [-0.25, -0.2) is 13.0 Å². The summed E-state index contributed by atoms with van der Waals surface area (Å²) in [5.41, 5.74) is -3.09. The van der Waals surface area contributed by atoms with Crippen molar-refractivity contribution in [1.29, 1.82) is 0 Å². The van der Waals surface area contributed by atoms with Gasteiger partial charge in [-0.2, -0.15) is 13.2 Å². The highest BCUT2D eigenvalue weighted by Crippen LogP contribution is 2.41. The van der Waals surface area contributed by atoms with E-state index >= 15 is 0 Å². The number of carbonyl (C=O) groups is 1. The van der Waals surface area contributed by atoms with E-state index in [0.29, 0.717) is 6.07 Å². The van der Waals surface area contributed by atoms with Gasteiger partial charge in [0.25, 0.3) is 0 Å². The Kier molecular flexibility index (Phi) is 6.44. The predicted molar refractivity (Wildman–Crippen MR) is 80.7 cm³/mol. The van der Waals surface area contributed by atoms with Gasteiger partial charge in [0.15, 0.2) is 11.6 Å². The van der Waals surface area contributed by atoms with Crippen LogP contribution in [0, 0.1) is 11.6 Å². The van der Waals surface area contributed by atoms with Crippen molar-refractivity contribution in [2.45, 2.75) is 43.0 Å². The zero-order valence-corrected chi connectivity index (χ0v) is 14.2. The van der Waals surface area contributed by atoms with E-state index in [9.17, 15) is 35.3 Å². The fourth-order valence-electron chi connectivity index (χ4n) is 2.63. The first-order chi connectivity index (χ1) is 11.3. The molecule has 0 fully saturated rings. The minimum absolute atomic E-state index is 0.665. The van der Waals surface area contributed by atoms with E-state index in [1.807, 2.05) is 0 Å². The first-order valence-electron chi connectivity index (χ1n) is 7.03. The monoisotopic (exact) mass is 389 g/mol. The summed E-state index contributed by atoms with van der Waals surface area (Å²) in [5.74, 6) is -5.26. The summed E-state index contributed by atoms with van der Waals surface area (Å²) in [5, 5.41) is 5.27. The predicted octanol–water partition coefficient (Wildman–Crippen LogP) is 3.48. The van der Waals surface area contributed by atoms with Crippen LogP contribution >= 0.6 is 0 Å². The van der Waals surface area contributed by atoms with Crippen LogP contribution in [-0.2, 0) is 21.2 Å². The SMILES string of the molecule is CC(C)(C[C@@](CF)(CC(=O)C(F)(F)F)c1cccc(F)c1F)S(N)=O. The summed E-state index contributed by atoms with van der Waals surface area (Å²) in [6, 6.07) is 2.60. The fraction of sp³-hybridized carbons (Fsp3) is 0.533. The highest BCUT2D eigenvalue weighted by Gasteiger charge is 2.49. The van der Waals surface area contributed by atoms with Gasteiger partial charge >= 0.3 is 6.18 Å². The molecule has 0 saturated heterocycles. The van der Waals surface area contributed by atoms with Gasteiger partial charge in [-0.15, -0.1) is 0 Å². The van der Waals surface area contributed by atoms with Crippen molar-refractivity contribution in [2.24, 2.45) is 5.14 Å². The standard InChI is InChI=1S/C15H17F6NO2S/c1-13(2,25(22)24)7-14(8-16,6-11(23)15(19,20)21)9-4-3-5-10(17)12(9)18/h3-5H,6-8,22H2,1-2H3/t14-,25?/m1/s1. The van der Waals surface area contributed by atoms with Crippen molar-refractivity contribution < 1.29 is 35.3 Å². The van der Waals surface area contributed by atoms with Crippen LogP contribution < -0.4 is 5.14 Å². The van der Waals surface area contributed by atoms with Gasteiger partial charge in [0.2, 0.25) is 5.78 Å². The maximum atomic E-state index is 14.2. The lowest BCUT2D eigenvalue weighted by Crippen LogP contribution is -2.45. The zero-order valence-electron chi connectivity index (χ0n) is 13.4. The lowest BCUT2D eigenvalue weighted by molar-refractivity contribution is -0.172. The topological polar surface area (TPSA) is 60.2 Å². The van der Waals surface area contributed by atoms with Gasteiger partial charge in [-0.05, 0) is 26.3 Å². The summed E-state index contributed by atoms with van der Waals surface area (Å²) in [6.45, 7) is 0.932. The molecule has 0 aromatic heterocycles. The van der Waals surface area contributed by atoms with Gasteiger partial charge in [-0.1, -0.05) is 12.1 Å². The molecule has 10 heteroatoms. The van der Waals surface area contributed by atoms with E-state index in [0.717, 1.165) is 12.1 Å². The van der Waals surface area contributed by atoms with E-state index < -0.39 is 69.8 Å². The second-order valence-corrected chi connectivity index (χ2v) is 8.05. The molecule has 0 radical (unpaired) electrons. The van der Waals surface area contributed by atoms with Crippen LogP contribution in [0.4, 0.5) is 26.3 Å². The van der Waals surface area contributed by atoms with Gasteiger partial charge in [0.05, 0.1) is 22.4 Å². The number of benzene rings is 1. The number of alkyl halides is 4. The van der Waals surface area contributed by atoms with Gasteiger partial charge < -0.3 is 0 Å². The van der Waals surface area contributed by atoms with Gasteiger partial charge in [0.1, 0.15) is 0 Å². The molecule has 1 aromatic carbocycles. The van der Waals surface area contributed by atoms with Crippen LogP contribution in [0.25, 0.3) is 0 Å². The van der Waals surface area contributed by atoms with Crippen molar-refractivity contribution in [3.8, 4) is 0 Å². The lowest BCUT2D eigenvalue weighted by atomic mass is 9.71. The highest BCUT2D eigenvalue weighted by molar-refractivity contribution is 7.84. The minimum atomic E-state index is -5.28. The van der Waals surface area contributed by atoms with E-state index in [2.05, 4.69) is 0 Å². The highest BCUT2D eigenvalue weighted by atomic mass is 32.2. The van der Waals surface area contributed by atoms with Crippen molar-refractivity contribution >= 4 is 16.8 Å². The van der Waals surface area contributed by atoms with E-state index in [-0.39, 0.29) is 0 Å². The quantitative estimate of drug-likeness (QED) is 0.726. The molecule has 1 aromatic rings. The smallest absolute Gasteiger partial charge is 0.290 e. The molecule has 2 atom stereocenters. The van der Waals surface area contributed by atoms with E-state index in [1.54, 1.807) is 0 Å². The lowest BCUT2D eigenvalue weighted by Gasteiger charge is -2.37. The van der Waals surface area contributed by atoms with Crippen LogP contribution in [0.15, 0.2) is 18.2 Å². The maximum absolute atomic E-state index is 14.2. The number of carbonyl (C=O) groups excluding carboxylic acids is 1. The Bertz CT molecular complexity index is 676. The molecule has 0 aliphatic rings. The molecule has 0 aliphatic carbocycles. The Morgan fingerprint density at radius 2 is 1.76 bits per heavy atom. The molecule has 3 nitrogen and oxygen atoms in total. The molecule has 1 unspecified atom stereocenters. The van der Waals surface area contributed by atoms with Crippen molar-refractivity contribution in [2.75, 3.05) is 6.67 Å². The minimum Gasteiger partial charge on any atom is -0.290 e. The second-order valence-electron chi connectivity index (χ2n) is 6.35. The molecule has 0 amide bonds. The number of ketones is 1. The van der Waals surface area contributed by atoms with Gasteiger partial charge in [-0.3, -0.25) is 14.3 Å². The fourth-order valence-corrected chi connectivity index (χ4v) is 3.04. The largest absolute Gasteiger partial charge is 0.450 e. The van der Waals surface area contributed by atoms with Crippen LogP contribution in [0.1, 0.15) is 32.3 Å². The third-order valence-electron chi connectivity index (χ3n) is 3.90. The van der Waals surface area contributed by atoms with Crippen LogP contribution in [0.3, 0.4) is 0 Å². The second kappa shape index (κ2) is 7.45. The molecule has 1 rings (SSSR count). The Morgan fingerprint density at radius 1 is 1.20 bits per heavy atom. The number of halogens is 6. The average Bonchev–Trinajstić information content (AvgIpc) is 2.47. The Balaban J connectivity index is 3.55. The molecule has 0 aliphatic heterocycles. The number of nitrogens with two attached hydrogens (primary N) is 1. The summed E-state index contributed by atoms with van der Waals surface area (Å²) in [6.07, 6.45) is -7.41. The number of hydrogen-bond donors (Lipinski definition) is 1. The van der Waals surface area contributed by atoms with Crippen LogP contribution in [0.5, 0.6) is 0 Å². The number of hydrogen-bond acceptors (Lipinski definition) is 2. The zero-order chi connectivity index (χ0) is 19.6. The maximum Gasteiger partial charge on any atom is 0.450 e. The van der Waals surface area contributed by atoms with E-state index in [4.69, 9.17) is 5.14 Å². The van der Waals surface area contributed by atoms with Crippen molar-refractivity contribution in [1.82, 2.24) is 0 Å². The van der Waals surface area contributed by atoms with Crippen molar-refractivity contribution in [3.63, 3.8) is 0 Å². The number of Topliss-reactive ketones (excluding diaryl/α,β-unsaturated/α-hetero) is 1. The summed E-state index contributed by atoms with van der Waals surface area (Å²) >= 11 is 0. The van der Waals surface area contributed by atoms with Gasteiger partial charge in [0, 0.05) is 17.4 Å². The normalized spacial score (nSPS) is 16.4. The molecule has 25 heavy (non-hydrogen) atoms. The first kappa shape index (κ1) is 21.6. The van der Waals surface area contributed by atoms with Crippen molar-refractivity contribution in [3.05, 3.63) is 35.4 Å². The van der Waals surface area contributed by atoms with Crippen LogP contribution in [0.2, 0.25) is 0 Å². The molecular formula is C15H17F6NO2S. The summed E-state index contributed by atoms with van der Waals surface area (Å²) in [4.78, 5) is 11.4. The third kappa shape index (κ3) is 4.81. The average molecular weight is 389 g/mol. The Hall–Kier alpha value is -1.42. The summed E-state index contributed by atoms with van der Waals surface area (Å²) < 4.78 is 89.8. The third-order valence-corrected chi connectivity index (χ3v) is 5.14. The Morgan fingerprint density at radius 3 is 2.20 bits per heavy atom. The van der Waals surface area contributed by atoms with Crippen LogP contribution in [-0.4, -0.2) is 27.6 Å².